The first kappa shape index (κ1) is 11.4. The first-order valence-corrected chi connectivity index (χ1v) is 4.66. The summed E-state index contributed by atoms with van der Waals surface area (Å²) in [7, 11) is 1.50. The van der Waals surface area contributed by atoms with Crippen molar-refractivity contribution in [1.29, 1.82) is 0 Å². The second-order valence-electron chi connectivity index (χ2n) is 4.17. The van der Waals surface area contributed by atoms with Gasteiger partial charge in [0.05, 0.1) is 11.9 Å². The van der Waals surface area contributed by atoms with Gasteiger partial charge in [-0.3, -0.25) is 0 Å². The minimum absolute atomic E-state index is 0.116. The minimum atomic E-state index is -0.511. The highest BCUT2D eigenvalue weighted by atomic mass is 16.6. The van der Waals surface area contributed by atoms with E-state index >= 15 is 0 Å². The van der Waals surface area contributed by atoms with Gasteiger partial charge in [0.15, 0.2) is 5.75 Å². The lowest BCUT2D eigenvalue weighted by atomic mass is 9.92. The topological polar surface area (TPSA) is 64.1 Å². The summed E-state index contributed by atoms with van der Waals surface area (Å²) in [4.78, 5) is 11.0. The van der Waals surface area contributed by atoms with Gasteiger partial charge in [-0.25, -0.2) is 4.79 Å². The molecular weight excluding hydrogens is 194 g/mol. The zero-order chi connectivity index (χ0) is 11.5. The average molecular weight is 209 g/mol. The molecule has 0 aliphatic heterocycles. The van der Waals surface area contributed by atoms with E-state index in [1.54, 1.807) is 6.07 Å². The van der Waals surface area contributed by atoms with Gasteiger partial charge >= 0.3 is 6.09 Å². The molecule has 0 saturated heterocycles. The van der Waals surface area contributed by atoms with Crippen LogP contribution in [0.1, 0.15) is 26.5 Å². The standard InChI is InChI=1S/C10H15N3O2/c1-10(2,3)8-5-7(6-12-13-8)15-9(14)11-4/h5-6H,1-4H3,(H,11,14). The molecular formula is C10H15N3O2. The Kier molecular flexibility index (Phi) is 3.24. The lowest BCUT2D eigenvalue weighted by molar-refractivity contribution is 0.202. The van der Waals surface area contributed by atoms with Crippen molar-refractivity contribution in [2.75, 3.05) is 7.05 Å². The Bertz CT molecular complexity index is 358. The van der Waals surface area contributed by atoms with Crippen molar-refractivity contribution >= 4 is 6.09 Å². The van der Waals surface area contributed by atoms with Gasteiger partial charge in [-0.1, -0.05) is 20.8 Å². The van der Waals surface area contributed by atoms with Crippen molar-refractivity contribution in [2.24, 2.45) is 0 Å². The molecule has 1 N–H and O–H groups in total. The highest BCUT2D eigenvalue weighted by molar-refractivity contribution is 5.69. The summed E-state index contributed by atoms with van der Waals surface area (Å²) < 4.78 is 4.95. The maximum atomic E-state index is 11.0. The van der Waals surface area contributed by atoms with Crippen LogP contribution in [0.4, 0.5) is 4.79 Å². The Morgan fingerprint density at radius 2 is 2.13 bits per heavy atom. The smallest absolute Gasteiger partial charge is 0.409 e. The van der Waals surface area contributed by atoms with E-state index in [-0.39, 0.29) is 5.41 Å². The first-order valence-electron chi connectivity index (χ1n) is 4.66. The molecule has 0 atom stereocenters. The third-order valence-corrected chi connectivity index (χ3v) is 1.81. The predicted molar refractivity (Wildman–Crippen MR) is 55.8 cm³/mol. The molecule has 0 aliphatic carbocycles. The van der Waals surface area contributed by atoms with E-state index in [9.17, 15) is 4.79 Å². The Morgan fingerprint density at radius 3 is 2.67 bits per heavy atom. The van der Waals surface area contributed by atoms with E-state index in [4.69, 9.17) is 4.74 Å². The zero-order valence-corrected chi connectivity index (χ0v) is 9.37. The van der Waals surface area contributed by atoms with Crippen LogP contribution in [0.2, 0.25) is 0 Å². The molecule has 15 heavy (non-hydrogen) atoms. The van der Waals surface area contributed by atoms with Crippen LogP contribution in [0.15, 0.2) is 12.3 Å². The van der Waals surface area contributed by atoms with Gasteiger partial charge in [-0.15, -0.1) is 0 Å². The van der Waals surface area contributed by atoms with Gasteiger partial charge in [0, 0.05) is 18.5 Å². The lowest BCUT2D eigenvalue weighted by Crippen LogP contribution is -2.22. The third kappa shape index (κ3) is 3.19. The maximum absolute atomic E-state index is 11.0. The Hall–Kier alpha value is -1.65. The first-order chi connectivity index (χ1) is 6.93. The van der Waals surface area contributed by atoms with Crippen LogP contribution in [0, 0.1) is 0 Å². The van der Waals surface area contributed by atoms with Crippen LogP contribution in [0.5, 0.6) is 5.75 Å². The molecule has 0 spiro atoms. The van der Waals surface area contributed by atoms with E-state index < -0.39 is 6.09 Å². The normalized spacial score (nSPS) is 10.9. The molecule has 0 bridgehead atoms. The van der Waals surface area contributed by atoms with Crippen LogP contribution < -0.4 is 10.1 Å². The molecule has 0 saturated carbocycles. The van der Waals surface area contributed by atoms with Gasteiger partial charge < -0.3 is 10.1 Å². The highest BCUT2D eigenvalue weighted by Gasteiger charge is 2.17. The van der Waals surface area contributed by atoms with E-state index in [1.807, 2.05) is 20.8 Å². The second kappa shape index (κ2) is 4.25. The molecule has 1 aromatic heterocycles. The maximum Gasteiger partial charge on any atom is 0.412 e. The van der Waals surface area contributed by atoms with Crippen LogP contribution in [-0.2, 0) is 5.41 Å². The minimum Gasteiger partial charge on any atom is -0.409 e. The van der Waals surface area contributed by atoms with Crippen LogP contribution >= 0.6 is 0 Å². The summed E-state index contributed by atoms with van der Waals surface area (Å²) >= 11 is 0. The van der Waals surface area contributed by atoms with E-state index in [0.717, 1.165) is 5.69 Å². The number of carbonyl (C=O) groups excluding carboxylic acids is 1. The van der Waals surface area contributed by atoms with Crippen LogP contribution in [0.25, 0.3) is 0 Å². The summed E-state index contributed by atoms with van der Waals surface area (Å²) in [5, 5.41) is 10.1. The number of ether oxygens (including phenoxy) is 1. The fourth-order valence-electron chi connectivity index (χ4n) is 0.929. The number of nitrogens with one attached hydrogen (secondary N) is 1. The average Bonchev–Trinajstić information content (AvgIpc) is 2.17. The van der Waals surface area contributed by atoms with Crippen molar-refractivity contribution in [3.63, 3.8) is 0 Å². The molecule has 1 amide bonds. The van der Waals surface area contributed by atoms with E-state index in [1.165, 1.54) is 13.2 Å². The summed E-state index contributed by atoms with van der Waals surface area (Å²) in [6.07, 6.45) is 0.896. The van der Waals surface area contributed by atoms with Gasteiger partial charge in [-0.05, 0) is 0 Å². The number of hydrogen-bond acceptors (Lipinski definition) is 4. The molecule has 82 valence electrons. The molecule has 1 aromatic rings. The highest BCUT2D eigenvalue weighted by Crippen LogP contribution is 2.22. The summed E-state index contributed by atoms with van der Waals surface area (Å²) in [5.41, 5.74) is 0.665. The van der Waals surface area contributed by atoms with Gasteiger partial charge in [0.25, 0.3) is 0 Å². The second-order valence-corrected chi connectivity index (χ2v) is 4.17. The van der Waals surface area contributed by atoms with Crippen LogP contribution in [-0.4, -0.2) is 23.3 Å². The van der Waals surface area contributed by atoms with Crippen molar-refractivity contribution in [3.8, 4) is 5.75 Å². The molecule has 0 aliphatic rings. The number of hydrogen-bond donors (Lipinski definition) is 1. The molecule has 5 heteroatoms. The Balaban J connectivity index is 2.88. The zero-order valence-electron chi connectivity index (χ0n) is 9.37. The fourth-order valence-corrected chi connectivity index (χ4v) is 0.929. The molecule has 1 heterocycles. The number of nitrogens with zero attached hydrogens (tertiary/aromatic N) is 2. The quantitative estimate of drug-likeness (QED) is 0.761. The van der Waals surface area contributed by atoms with Crippen molar-refractivity contribution in [3.05, 3.63) is 18.0 Å². The van der Waals surface area contributed by atoms with Gasteiger partial charge in [-0.2, -0.15) is 10.2 Å². The summed E-state index contributed by atoms with van der Waals surface area (Å²) in [6, 6.07) is 1.71. The SMILES string of the molecule is CNC(=O)Oc1cnnc(C(C)(C)C)c1. The molecule has 0 aromatic carbocycles. The molecule has 1 rings (SSSR count). The molecule has 0 radical (unpaired) electrons. The van der Waals surface area contributed by atoms with E-state index in [0.29, 0.717) is 5.75 Å². The van der Waals surface area contributed by atoms with Crippen molar-refractivity contribution < 1.29 is 9.53 Å². The number of carbonyl (C=O) groups is 1. The van der Waals surface area contributed by atoms with Crippen LogP contribution in [0.3, 0.4) is 0 Å². The van der Waals surface area contributed by atoms with E-state index in [2.05, 4.69) is 15.5 Å². The van der Waals surface area contributed by atoms with Crippen molar-refractivity contribution in [1.82, 2.24) is 15.5 Å². The molecule has 0 fully saturated rings. The summed E-state index contributed by atoms with van der Waals surface area (Å²) in [6.45, 7) is 6.04. The number of amides is 1. The lowest BCUT2D eigenvalue weighted by Gasteiger charge is -2.16. The Morgan fingerprint density at radius 1 is 1.47 bits per heavy atom. The third-order valence-electron chi connectivity index (χ3n) is 1.81. The van der Waals surface area contributed by atoms with Gasteiger partial charge in [0.1, 0.15) is 0 Å². The van der Waals surface area contributed by atoms with Gasteiger partial charge in [0.2, 0.25) is 0 Å². The van der Waals surface area contributed by atoms with Crippen molar-refractivity contribution in [2.45, 2.75) is 26.2 Å². The molecule has 0 unspecified atom stereocenters. The number of aromatic nitrogens is 2. The fraction of sp³-hybridized carbons (Fsp3) is 0.500. The number of rotatable bonds is 1. The Labute approximate surface area is 88.9 Å². The monoisotopic (exact) mass is 209 g/mol. The predicted octanol–water partition coefficient (Wildman–Crippen LogP) is 1.49. The summed E-state index contributed by atoms with van der Waals surface area (Å²) in [5.74, 6) is 0.397. The molecule has 5 nitrogen and oxygen atoms in total. The largest absolute Gasteiger partial charge is 0.412 e.